The Morgan fingerprint density at radius 1 is 1.00 bits per heavy atom. The highest BCUT2D eigenvalue weighted by Gasteiger charge is 2.38. The summed E-state index contributed by atoms with van der Waals surface area (Å²) in [6, 6.07) is 0. The van der Waals surface area contributed by atoms with Crippen LogP contribution in [-0.4, -0.2) is 19.2 Å². The van der Waals surface area contributed by atoms with Crippen LogP contribution < -0.4 is 0 Å². The molecule has 3 heteroatoms. The summed E-state index contributed by atoms with van der Waals surface area (Å²) in [5, 5.41) is 0. The molecule has 19 heavy (non-hydrogen) atoms. The molecule has 2 fully saturated rings. The minimum atomic E-state index is -0.0316. The molecule has 0 amide bonds. The summed E-state index contributed by atoms with van der Waals surface area (Å²) in [4.78, 5) is 11.4. The van der Waals surface area contributed by atoms with Gasteiger partial charge in [0.2, 0.25) is 0 Å². The summed E-state index contributed by atoms with van der Waals surface area (Å²) >= 11 is 0. The summed E-state index contributed by atoms with van der Waals surface area (Å²) in [6.45, 7) is 10.0. The molecule has 108 valence electrons. The van der Waals surface area contributed by atoms with Gasteiger partial charge in [-0.15, -0.1) is 0 Å². The van der Waals surface area contributed by atoms with Gasteiger partial charge >= 0.3 is 5.97 Å². The van der Waals surface area contributed by atoms with Gasteiger partial charge in [0.25, 0.3) is 0 Å². The van der Waals surface area contributed by atoms with E-state index in [0.29, 0.717) is 24.9 Å². The molecule has 2 aliphatic heterocycles. The highest BCUT2D eigenvalue weighted by atomic mass is 16.5. The minimum Gasteiger partial charge on any atom is -0.499 e. The molecule has 0 aliphatic carbocycles. The monoisotopic (exact) mass is 266 g/mol. The molecule has 2 saturated heterocycles. The lowest BCUT2D eigenvalue weighted by atomic mass is 9.64. The van der Waals surface area contributed by atoms with Crippen molar-refractivity contribution in [1.82, 2.24) is 0 Å². The lowest BCUT2D eigenvalue weighted by Crippen LogP contribution is -2.33. The van der Waals surface area contributed by atoms with Crippen molar-refractivity contribution in [2.75, 3.05) is 13.2 Å². The van der Waals surface area contributed by atoms with E-state index < -0.39 is 0 Å². The number of rotatable bonds is 2. The molecule has 0 spiro atoms. The lowest BCUT2D eigenvalue weighted by molar-refractivity contribution is -0.142. The normalized spacial score (nSPS) is 30.0. The van der Waals surface area contributed by atoms with Crippen LogP contribution in [0.1, 0.15) is 52.4 Å². The first-order valence-corrected chi connectivity index (χ1v) is 7.46. The summed E-state index contributed by atoms with van der Waals surface area (Å²) in [6.07, 6.45) is 5.75. The molecule has 2 atom stereocenters. The van der Waals surface area contributed by atoms with Crippen molar-refractivity contribution < 1.29 is 14.3 Å². The van der Waals surface area contributed by atoms with Gasteiger partial charge in [0, 0.05) is 12.8 Å². The van der Waals surface area contributed by atoms with Gasteiger partial charge in [0.1, 0.15) is 0 Å². The van der Waals surface area contributed by atoms with E-state index in [9.17, 15) is 4.79 Å². The molecule has 0 bridgehead atoms. The third-order valence-electron chi connectivity index (χ3n) is 5.07. The van der Waals surface area contributed by atoms with Crippen LogP contribution in [0.25, 0.3) is 0 Å². The van der Waals surface area contributed by atoms with Crippen molar-refractivity contribution in [2.24, 2.45) is 17.3 Å². The van der Waals surface area contributed by atoms with Crippen molar-refractivity contribution >= 4 is 5.97 Å². The Morgan fingerprint density at radius 2 is 1.58 bits per heavy atom. The first kappa shape index (κ1) is 14.4. The number of hydrogen-bond acceptors (Lipinski definition) is 3. The van der Waals surface area contributed by atoms with Crippen LogP contribution >= 0.6 is 0 Å². The zero-order valence-electron chi connectivity index (χ0n) is 12.2. The number of cyclic esters (lactones) is 1. The van der Waals surface area contributed by atoms with Gasteiger partial charge in [0.05, 0.1) is 19.0 Å². The Hall–Kier alpha value is -0.990. The third kappa shape index (κ3) is 3.52. The predicted octanol–water partition coefficient (Wildman–Crippen LogP) is 3.69. The van der Waals surface area contributed by atoms with Crippen molar-refractivity contribution in [1.29, 1.82) is 0 Å². The molecule has 2 heterocycles. The summed E-state index contributed by atoms with van der Waals surface area (Å²) in [7, 11) is 0. The highest BCUT2D eigenvalue weighted by Crippen LogP contribution is 2.45. The van der Waals surface area contributed by atoms with Crippen molar-refractivity contribution in [3.63, 3.8) is 0 Å². The van der Waals surface area contributed by atoms with Crippen LogP contribution in [0.5, 0.6) is 0 Å². The SMILES string of the molecule is C=C1CCC(C(C)(C)C2CCOC(=O)CC2)CCO1. The van der Waals surface area contributed by atoms with Gasteiger partial charge in [-0.05, 0) is 42.9 Å². The Kier molecular flexibility index (Phi) is 4.54. The Labute approximate surface area is 116 Å². The molecule has 0 N–H and O–H groups in total. The van der Waals surface area contributed by atoms with E-state index in [-0.39, 0.29) is 11.4 Å². The molecule has 0 aromatic heterocycles. The summed E-state index contributed by atoms with van der Waals surface area (Å²) in [5.41, 5.74) is 0.238. The zero-order valence-corrected chi connectivity index (χ0v) is 12.2. The summed E-state index contributed by atoms with van der Waals surface area (Å²) < 4.78 is 10.8. The Morgan fingerprint density at radius 3 is 2.26 bits per heavy atom. The van der Waals surface area contributed by atoms with Gasteiger partial charge in [0.15, 0.2) is 0 Å². The third-order valence-corrected chi connectivity index (χ3v) is 5.07. The summed E-state index contributed by atoms with van der Waals surface area (Å²) in [5.74, 6) is 2.11. The Balaban J connectivity index is 2.02. The van der Waals surface area contributed by atoms with Crippen molar-refractivity contribution in [3.05, 3.63) is 12.3 Å². The lowest BCUT2D eigenvalue weighted by Gasteiger charge is -2.40. The van der Waals surface area contributed by atoms with Crippen LogP contribution in [0.4, 0.5) is 0 Å². The number of hydrogen-bond donors (Lipinski definition) is 0. The van der Waals surface area contributed by atoms with Gasteiger partial charge in [-0.2, -0.15) is 0 Å². The standard InChI is InChI=1S/C16H26O3/c1-12-4-5-13(8-10-18-12)16(2,3)14-6-7-15(17)19-11-9-14/h13-14H,1,4-11H2,2-3H3. The number of allylic oxidation sites excluding steroid dienone is 1. The van der Waals surface area contributed by atoms with E-state index in [4.69, 9.17) is 9.47 Å². The van der Waals surface area contributed by atoms with Crippen LogP contribution in [0.15, 0.2) is 12.3 Å². The molecule has 2 rings (SSSR count). The van der Waals surface area contributed by atoms with E-state index in [1.165, 1.54) is 0 Å². The second-order valence-corrected chi connectivity index (χ2v) is 6.48. The number of ether oxygens (including phenoxy) is 2. The van der Waals surface area contributed by atoms with Crippen LogP contribution in [0, 0.1) is 17.3 Å². The first-order valence-electron chi connectivity index (χ1n) is 7.46. The fraction of sp³-hybridized carbons (Fsp3) is 0.812. The molecule has 2 aliphatic rings. The molecule has 0 saturated carbocycles. The van der Waals surface area contributed by atoms with E-state index in [2.05, 4.69) is 20.4 Å². The smallest absolute Gasteiger partial charge is 0.305 e. The fourth-order valence-electron chi connectivity index (χ4n) is 3.54. The second kappa shape index (κ2) is 5.98. The van der Waals surface area contributed by atoms with Gasteiger partial charge < -0.3 is 9.47 Å². The molecule has 0 aromatic carbocycles. The average molecular weight is 266 g/mol. The molecule has 2 unspecified atom stereocenters. The highest BCUT2D eigenvalue weighted by molar-refractivity contribution is 5.69. The van der Waals surface area contributed by atoms with Gasteiger partial charge in [-0.1, -0.05) is 20.4 Å². The average Bonchev–Trinajstić information content (AvgIpc) is 2.70. The van der Waals surface area contributed by atoms with Gasteiger partial charge in [-0.25, -0.2) is 0 Å². The molecular formula is C16H26O3. The molecule has 3 nitrogen and oxygen atoms in total. The number of esters is 1. The maximum atomic E-state index is 11.4. The first-order chi connectivity index (χ1) is 9.00. The maximum Gasteiger partial charge on any atom is 0.305 e. The molecule has 0 radical (unpaired) electrons. The van der Waals surface area contributed by atoms with E-state index in [1.54, 1.807) is 0 Å². The number of carbonyl (C=O) groups is 1. The molecule has 0 aromatic rings. The van der Waals surface area contributed by atoms with E-state index >= 15 is 0 Å². The number of carbonyl (C=O) groups excluding carboxylic acids is 1. The van der Waals surface area contributed by atoms with Gasteiger partial charge in [-0.3, -0.25) is 4.79 Å². The van der Waals surface area contributed by atoms with Crippen molar-refractivity contribution in [2.45, 2.75) is 52.4 Å². The van der Waals surface area contributed by atoms with Crippen LogP contribution in [0.3, 0.4) is 0 Å². The van der Waals surface area contributed by atoms with Crippen LogP contribution in [0.2, 0.25) is 0 Å². The zero-order chi connectivity index (χ0) is 13.9. The second-order valence-electron chi connectivity index (χ2n) is 6.48. The predicted molar refractivity (Wildman–Crippen MR) is 74.5 cm³/mol. The minimum absolute atomic E-state index is 0.0316. The maximum absolute atomic E-state index is 11.4. The fourth-order valence-corrected chi connectivity index (χ4v) is 3.54. The van der Waals surface area contributed by atoms with E-state index in [1.807, 2.05) is 0 Å². The van der Waals surface area contributed by atoms with Crippen molar-refractivity contribution in [3.8, 4) is 0 Å². The topological polar surface area (TPSA) is 35.5 Å². The van der Waals surface area contributed by atoms with Crippen LogP contribution in [-0.2, 0) is 14.3 Å². The molecular weight excluding hydrogens is 240 g/mol. The quantitative estimate of drug-likeness (QED) is 0.715. The largest absolute Gasteiger partial charge is 0.499 e. The van der Waals surface area contributed by atoms with E-state index in [0.717, 1.165) is 44.5 Å². The Bertz CT molecular complexity index is 314.